The van der Waals surface area contributed by atoms with Gasteiger partial charge in [-0.2, -0.15) is 0 Å². The highest BCUT2D eigenvalue weighted by Crippen LogP contribution is 2.09. The molecule has 0 saturated heterocycles. The quantitative estimate of drug-likeness (QED) is 0.583. The third-order valence-electron chi connectivity index (χ3n) is 2.33. The van der Waals surface area contributed by atoms with Crippen molar-refractivity contribution in [3.8, 4) is 0 Å². The predicted octanol–water partition coefficient (Wildman–Crippen LogP) is 2.96. The lowest BCUT2D eigenvalue weighted by Gasteiger charge is -2.16. The molecule has 76 valence electrons. The molecule has 0 aliphatic rings. The van der Waals surface area contributed by atoms with Crippen LogP contribution in [0.2, 0.25) is 0 Å². The first kappa shape index (κ1) is 12.2. The van der Waals surface area contributed by atoms with Crippen molar-refractivity contribution in [1.82, 2.24) is 5.32 Å². The maximum atomic E-state index is 7.34. The molecule has 0 aromatic heterocycles. The first-order chi connectivity index (χ1) is 6.11. The maximum absolute atomic E-state index is 7.34. The summed E-state index contributed by atoms with van der Waals surface area (Å²) in [6, 6.07) is 0. The Hall–Kier alpha value is -0.790. The van der Waals surface area contributed by atoms with E-state index in [2.05, 4.69) is 25.7 Å². The zero-order valence-corrected chi connectivity index (χ0v) is 9.11. The number of nitrogens with one attached hydrogen (secondary N) is 2. The molecule has 1 unspecified atom stereocenters. The van der Waals surface area contributed by atoms with Crippen LogP contribution in [0.5, 0.6) is 0 Å². The van der Waals surface area contributed by atoms with Crippen LogP contribution in [0.1, 0.15) is 40.0 Å². The van der Waals surface area contributed by atoms with E-state index in [1.54, 1.807) is 6.92 Å². The first-order valence-electron chi connectivity index (χ1n) is 5.10. The lowest BCUT2D eigenvalue weighted by molar-refractivity contribution is 0.450. The van der Waals surface area contributed by atoms with E-state index in [1.807, 2.05) is 0 Å². The van der Waals surface area contributed by atoms with Crippen LogP contribution in [0.3, 0.4) is 0 Å². The summed E-state index contributed by atoms with van der Waals surface area (Å²) in [7, 11) is 0. The summed E-state index contributed by atoms with van der Waals surface area (Å²) in [5, 5.41) is 10.5. The van der Waals surface area contributed by atoms with Crippen molar-refractivity contribution < 1.29 is 0 Å². The molecule has 1 atom stereocenters. The molecule has 2 heteroatoms. The molecule has 0 amide bonds. The van der Waals surface area contributed by atoms with Crippen molar-refractivity contribution in [3.05, 3.63) is 12.3 Å². The fourth-order valence-electron chi connectivity index (χ4n) is 1.26. The van der Waals surface area contributed by atoms with Crippen molar-refractivity contribution in [2.24, 2.45) is 5.92 Å². The van der Waals surface area contributed by atoms with Crippen molar-refractivity contribution in [2.45, 2.75) is 40.0 Å². The summed E-state index contributed by atoms with van der Waals surface area (Å²) >= 11 is 0. The zero-order chi connectivity index (χ0) is 10.3. The van der Waals surface area contributed by atoms with Gasteiger partial charge in [-0.05, 0) is 19.3 Å². The van der Waals surface area contributed by atoms with Crippen molar-refractivity contribution in [2.75, 3.05) is 6.54 Å². The van der Waals surface area contributed by atoms with Crippen LogP contribution in [0.15, 0.2) is 12.3 Å². The zero-order valence-electron chi connectivity index (χ0n) is 9.11. The lowest BCUT2D eigenvalue weighted by Crippen LogP contribution is -2.24. The lowest BCUT2D eigenvalue weighted by atomic mass is 10.0. The number of rotatable bonds is 7. The van der Waals surface area contributed by atoms with E-state index in [0.717, 1.165) is 18.2 Å². The molecule has 2 nitrogen and oxygen atoms in total. The van der Waals surface area contributed by atoms with Gasteiger partial charge in [-0.3, -0.25) is 0 Å². The number of hydrogen-bond donors (Lipinski definition) is 2. The molecule has 0 bridgehead atoms. The average Bonchev–Trinajstić information content (AvgIpc) is 2.11. The highest BCUT2D eigenvalue weighted by Gasteiger charge is 2.05. The van der Waals surface area contributed by atoms with Crippen LogP contribution in [-0.4, -0.2) is 12.3 Å². The van der Waals surface area contributed by atoms with Crippen LogP contribution < -0.4 is 5.32 Å². The molecule has 0 fully saturated rings. The second kappa shape index (κ2) is 6.70. The minimum atomic E-state index is 0.534. The highest BCUT2D eigenvalue weighted by atomic mass is 14.9. The number of allylic oxidation sites excluding steroid dienone is 1. The van der Waals surface area contributed by atoms with Crippen LogP contribution >= 0.6 is 0 Å². The Balaban J connectivity index is 3.71. The van der Waals surface area contributed by atoms with E-state index in [4.69, 9.17) is 5.41 Å². The largest absolute Gasteiger partial charge is 0.384 e. The van der Waals surface area contributed by atoms with Crippen LogP contribution in [0.25, 0.3) is 0 Å². The van der Waals surface area contributed by atoms with Gasteiger partial charge in [0.25, 0.3) is 0 Å². The first-order valence-corrected chi connectivity index (χ1v) is 5.10. The minimum Gasteiger partial charge on any atom is -0.384 e. The van der Waals surface area contributed by atoms with E-state index in [0.29, 0.717) is 5.71 Å². The van der Waals surface area contributed by atoms with Gasteiger partial charge >= 0.3 is 0 Å². The van der Waals surface area contributed by atoms with Gasteiger partial charge in [-0.25, -0.2) is 0 Å². The van der Waals surface area contributed by atoms with Crippen LogP contribution in [0.4, 0.5) is 0 Å². The van der Waals surface area contributed by atoms with E-state index in [9.17, 15) is 0 Å². The molecular formula is C11H22N2. The van der Waals surface area contributed by atoms with E-state index >= 15 is 0 Å². The monoisotopic (exact) mass is 182 g/mol. The molecule has 2 N–H and O–H groups in total. The second-order valence-corrected chi connectivity index (χ2v) is 3.55. The smallest absolute Gasteiger partial charge is 0.0507 e. The fraction of sp³-hybridized carbons (Fsp3) is 0.727. The van der Waals surface area contributed by atoms with E-state index < -0.39 is 0 Å². The van der Waals surface area contributed by atoms with Gasteiger partial charge in [0.1, 0.15) is 0 Å². The van der Waals surface area contributed by atoms with Gasteiger partial charge < -0.3 is 10.7 Å². The maximum Gasteiger partial charge on any atom is 0.0507 e. The topological polar surface area (TPSA) is 35.9 Å². The third kappa shape index (κ3) is 5.45. The van der Waals surface area contributed by atoms with Crippen LogP contribution in [-0.2, 0) is 0 Å². The fourth-order valence-corrected chi connectivity index (χ4v) is 1.26. The van der Waals surface area contributed by atoms with Crippen LogP contribution in [0, 0.1) is 11.3 Å². The summed E-state index contributed by atoms with van der Waals surface area (Å²) in [4.78, 5) is 0. The molecule has 0 spiro atoms. The van der Waals surface area contributed by atoms with Crippen molar-refractivity contribution in [1.29, 1.82) is 5.41 Å². The summed E-state index contributed by atoms with van der Waals surface area (Å²) in [5.74, 6) is 0.723. The molecule has 0 aromatic carbocycles. The molecular weight excluding hydrogens is 160 g/mol. The predicted molar refractivity (Wildman–Crippen MR) is 59.2 cm³/mol. The summed E-state index contributed by atoms with van der Waals surface area (Å²) in [6.07, 6.45) is 3.69. The Morgan fingerprint density at radius 1 is 1.46 bits per heavy atom. The molecule has 0 aliphatic carbocycles. The standard InChI is InChI=1S/C11H22N2/c1-5-7-11(6-2)8-13-10(4)9(3)12/h11-13H,4-8H2,1-3H3. The Bertz CT molecular complexity index is 173. The SMILES string of the molecule is C=C(NCC(CC)CCC)C(C)=N. The van der Waals surface area contributed by atoms with E-state index in [1.165, 1.54) is 19.3 Å². The van der Waals surface area contributed by atoms with Gasteiger partial charge in [-0.1, -0.05) is 33.3 Å². The third-order valence-corrected chi connectivity index (χ3v) is 2.33. The number of hydrogen-bond acceptors (Lipinski definition) is 2. The Morgan fingerprint density at radius 2 is 2.08 bits per heavy atom. The molecule has 0 aromatic rings. The van der Waals surface area contributed by atoms with Crippen molar-refractivity contribution >= 4 is 5.71 Å². The Morgan fingerprint density at radius 3 is 2.46 bits per heavy atom. The van der Waals surface area contributed by atoms with Gasteiger partial charge in [0.15, 0.2) is 0 Å². The molecule has 0 rings (SSSR count). The normalized spacial score (nSPS) is 12.2. The Labute approximate surface area is 81.9 Å². The van der Waals surface area contributed by atoms with Gasteiger partial charge in [-0.15, -0.1) is 0 Å². The van der Waals surface area contributed by atoms with Crippen molar-refractivity contribution in [3.63, 3.8) is 0 Å². The molecule has 0 radical (unpaired) electrons. The highest BCUT2D eigenvalue weighted by molar-refractivity contribution is 5.94. The second-order valence-electron chi connectivity index (χ2n) is 3.55. The van der Waals surface area contributed by atoms with E-state index in [-0.39, 0.29) is 0 Å². The molecule has 0 heterocycles. The summed E-state index contributed by atoms with van der Waals surface area (Å²) < 4.78 is 0. The van der Waals surface area contributed by atoms with Gasteiger partial charge in [0.2, 0.25) is 0 Å². The Kier molecular flexibility index (Phi) is 6.29. The summed E-state index contributed by atoms with van der Waals surface area (Å²) in [5.41, 5.74) is 1.29. The minimum absolute atomic E-state index is 0.534. The molecule has 0 aliphatic heterocycles. The molecule has 0 saturated carbocycles. The average molecular weight is 182 g/mol. The summed E-state index contributed by atoms with van der Waals surface area (Å²) in [6.45, 7) is 10.9. The van der Waals surface area contributed by atoms with Gasteiger partial charge in [0.05, 0.1) is 5.71 Å². The molecule has 13 heavy (non-hydrogen) atoms. The van der Waals surface area contributed by atoms with Gasteiger partial charge in [0, 0.05) is 12.2 Å².